The summed E-state index contributed by atoms with van der Waals surface area (Å²) in [6.07, 6.45) is -3.17. The first-order chi connectivity index (χ1) is 12.8. The van der Waals surface area contributed by atoms with E-state index in [4.69, 9.17) is 4.74 Å². The number of halogens is 3. The third-order valence-corrected chi connectivity index (χ3v) is 4.35. The third-order valence-electron chi connectivity index (χ3n) is 4.35. The molecule has 3 rings (SSSR count). The number of benzene rings is 1. The number of carboxylic acid groups (broad SMARTS) is 1. The van der Waals surface area contributed by atoms with Crippen molar-refractivity contribution in [2.24, 2.45) is 0 Å². The Kier molecular flexibility index (Phi) is 4.82. The number of hydrogen-bond donors (Lipinski definition) is 2. The van der Waals surface area contributed by atoms with Gasteiger partial charge >= 0.3 is 12.1 Å². The molecule has 1 atom stereocenters. The average Bonchev–Trinajstić information content (AvgIpc) is 2.60. The van der Waals surface area contributed by atoms with E-state index in [1.165, 1.54) is 31.3 Å². The van der Waals surface area contributed by atoms with Crippen molar-refractivity contribution in [2.75, 3.05) is 11.9 Å². The van der Waals surface area contributed by atoms with Crippen molar-refractivity contribution in [1.82, 2.24) is 4.98 Å². The van der Waals surface area contributed by atoms with Crippen LogP contribution in [0, 0.1) is 0 Å². The molecule has 1 aliphatic rings. The molecule has 142 valence electrons. The first kappa shape index (κ1) is 18.8. The minimum atomic E-state index is -4.63. The van der Waals surface area contributed by atoms with E-state index in [1.807, 2.05) is 0 Å². The molecule has 8 heteroatoms. The number of hydrogen-bond acceptors (Lipinski definition) is 4. The molecule has 2 N–H and O–H groups in total. The summed E-state index contributed by atoms with van der Waals surface area (Å²) in [5.41, 5.74) is -0.199. The van der Waals surface area contributed by atoms with Crippen molar-refractivity contribution in [3.05, 3.63) is 64.5 Å². The molecule has 1 unspecified atom stereocenters. The SMILES string of the molecule is CCOc1nccc2c1C(c1ccccc1C(F)(F)F)C(C(=O)O)=C(C)N2. The van der Waals surface area contributed by atoms with Gasteiger partial charge in [-0.3, -0.25) is 0 Å². The number of carboxylic acids is 1. The van der Waals surface area contributed by atoms with Gasteiger partial charge < -0.3 is 15.2 Å². The number of rotatable bonds is 4. The Bertz CT molecular complexity index is 923. The molecule has 0 bridgehead atoms. The highest BCUT2D eigenvalue weighted by molar-refractivity contribution is 5.93. The number of anilines is 1. The summed E-state index contributed by atoms with van der Waals surface area (Å²) in [5, 5.41) is 12.7. The standard InChI is InChI=1S/C19H17F3N2O3/c1-3-27-17-16-13(8-9-23-17)24-10(2)14(18(25)26)15(16)11-6-4-5-7-12(11)19(20,21)22/h4-9,15,24H,3H2,1-2H3,(H,25,26). The Morgan fingerprint density at radius 3 is 2.63 bits per heavy atom. The molecule has 1 aliphatic heterocycles. The molecule has 0 spiro atoms. The topological polar surface area (TPSA) is 71.5 Å². The van der Waals surface area contributed by atoms with Gasteiger partial charge in [0.1, 0.15) is 0 Å². The summed E-state index contributed by atoms with van der Waals surface area (Å²) < 4.78 is 46.4. The molecular formula is C19H17F3N2O3. The predicted molar refractivity (Wildman–Crippen MR) is 92.7 cm³/mol. The van der Waals surface area contributed by atoms with E-state index in [9.17, 15) is 23.1 Å². The van der Waals surface area contributed by atoms with Crippen molar-refractivity contribution < 1.29 is 27.8 Å². The maximum atomic E-state index is 13.6. The van der Waals surface area contributed by atoms with Crippen LogP contribution in [0.4, 0.5) is 18.9 Å². The molecule has 2 aromatic rings. The molecule has 1 aromatic carbocycles. The van der Waals surface area contributed by atoms with Gasteiger partial charge in [-0.1, -0.05) is 18.2 Å². The van der Waals surface area contributed by atoms with Gasteiger partial charge in [-0.15, -0.1) is 0 Å². The van der Waals surface area contributed by atoms with E-state index in [1.54, 1.807) is 13.0 Å². The van der Waals surface area contributed by atoms with Crippen molar-refractivity contribution >= 4 is 11.7 Å². The van der Waals surface area contributed by atoms with Crippen molar-refractivity contribution in [3.8, 4) is 5.88 Å². The lowest BCUT2D eigenvalue weighted by Crippen LogP contribution is -2.25. The number of nitrogens with one attached hydrogen (secondary N) is 1. The second-order valence-corrected chi connectivity index (χ2v) is 6.00. The molecule has 2 heterocycles. The molecule has 5 nitrogen and oxygen atoms in total. The lowest BCUT2D eigenvalue weighted by atomic mass is 9.79. The number of nitrogens with zero attached hydrogens (tertiary/aromatic N) is 1. The zero-order valence-electron chi connectivity index (χ0n) is 14.6. The maximum absolute atomic E-state index is 13.6. The van der Waals surface area contributed by atoms with Crippen LogP contribution < -0.4 is 10.1 Å². The first-order valence-electron chi connectivity index (χ1n) is 8.24. The second kappa shape index (κ2) is 6.94. The second-order valence-electron chi connectivity index (χ2n) is 6.00. The van der Waals surface area contributed by atoms with E-state index in [-0.39, 0.29) is 34.9 Å². The molecule has 0 saturated carbocycles. The number of allylic oxidation sites excluding steroid dienone is 1. The number of fused-ring (bicyclic) bond motifs is 1. The van der Waals surface area contributed by atoms with Gasteiger partial charge in [0, 0.05) is 23.1 Å². The minimum absolute atomic E-state index is 0.107. The Hall–Kier alpha value is -3.03. The number of aromatic nitrogens is 1. The lowest BCUT2D eigenvalue weighted by Gasteiger charge is -2.31. The molecule has 0 amide bonds. The summed E-state index contributed by atoms with van der Waals surface area (Å²) in [4.78, 5) is 16.1. The van der Waals surface area contributed by atoms with Gasteiger partial charge in [-0.2, -0.15) is 13.2 Å². The zero-order chi connectivity index (χ0) is 19.8. The summed E-state index contributed by atoms with van der Waals surface area (Å²) in [6.45, 7) is 3.48. The van der Waals surface area contributed by atoms with Gasteiger partial charge in [0.05, 0.1) is 23.7 Å². The highest BCUT2D eigenvalue weighted by Crippen LogP contribution is 2.48. The van der Waals surface area contributed by atoms with Gasteiger partial charge in [-0.25, -0.2) is 9.78 Å². The van der Waals surface area contributed by atoms with Crippen LogP contribution in [0.25, 0.3) is 0 Å². The van der Waals surface area contributed by atoms with E-state index >= 15 is 0 Å². The minimum Gasteiger partial charge on any atom is -0.478 e. The highest BCUT2D eigenvalue weighted by atomic mass is 19.4. The number of aliphatic carboxylic acids is 1. The van der Waals surface area contributed by atoms with Crippen LogP contribution in [0.5, 0.6) is 5.88 Å². The molecule has 0 aliphatic carbocycles. The van der Waals surface area contributed by atoms with Crippen molar-refractivity contribution in [1.29, 1.82) is 0 Å². The van der Waals surface area contributed by atoms with Gasteiger partial charge in [-0.05, 0) is 31.5 Å². The van der Waals surface area contributed by atoms with Crippen molar-refractivity contribution in [2.45, 2.75) is 25.9 Å². The molecule has 0 fully saturated rings. The van der Waals surface area contributed by atoms with Crippen LogP contribution in [0.2, 0.25) is 0 Å². The normalized spacial score (nSPS) is 16.6. The van der Waals surface area contributed by atoms with E-state index in [0.29, 0.717) is 5.69 Å². The van der Waals surface area contributed by atoms with E-state index in [0.717, 1.165) is 6.07 Å². The van der Waals surface area contributed by atoms with Crippen LogP contribution in [0.1, 0.15) is 36.5 Å². The van der Waals surface area contributed by atoms with Crippen LogP contribution in [-0.2, 0) is 11.0 Å². The Labute approximate surface area is 153 Å². The van der Waals surface area contributed by atoms with E-state index < -0.39 is 23.6 Å². The third kappa shape index (κ3) is 3.34. The maximum Gasteiger partial charge on any atom is 0.416 e. The fourth-order valence-electron chi connectivity index (χ4n) is 3.33. The smallest absolute Gasteiger partial charge is 0.416 e. The van der Waals surface area contributed by atoms with Crippen LogP contribution in [0.3, 0.4) is 0 Å². The Balaban J connectivity index is 2.35. The largest absolute Gasteiger partial charge is 0.478 e. The average molecular weight is 378 g/mol. The van der Waals surface area contributed by atoms with Crippen LogP contribution >= 0.6 is 0 Å². The zero-order valence-corrected chi connectivity index (χ0v) is 14.6. The highest BCUT2D eigenvalue weighted by Gasteiger charge is 2.41. The van der Waals surface area contributed by atoms with E-state index in [2.05, 4.69) is 10.3 Å². The van der Waals surface area contributed by atoms with Crippen LogP contribution in [-0.4, -0.2) is 22.7 Å². The van der Waals surface area contributed by atoms with Gasteiger partial charge in [0.2, 0.25) is 5.88 Å². The molecule has 0 saturated heterocycles. The summed E-state index contributed by atoms with van der Waals surface area (Å²) >= 11 is 0. The predicted octanol–water partition coefficient (Wildman–Crippen LogP) is 4.42. The van der Waals surface area contributed by atoms with Gasteiger partial charge in [0.25, 0.3) is 0 Å². The molecule has 1 aromatic heterocycles. The summed E-state index contributed by atoms with van der Waals surface area (Å²) in [5.74, 6) is -2.37. The number of alkyl halides is 3. The first-order valence-corrected chi connectivity index (χ1v) is 8.24. The lowest BCUT2D eigenvalue weighted by molar-refractivity contribution is -0.139. The number of ether oxygens (including phenoxy) is 1. The number of carbonyl (C=O) groups is 1. The monoisotopic (exact) mass is 378 g/mol. The quantitative estimate of drug-likeness (QED) is 0.824. The molecular weight excluding hydrogens is 361 g/mol. The van der Waals surface area contributed by atoms with Crippen molar-refractivity contribution in [3.63, 3.8) is 0 Å². The summed E-state index contributed by atoms with van der Waals surface area (Å²) in [7, 11) is 0. The fraction of sp³-hybridized carbons (Fsp3) is 0.263. The molecule has 0 radical (unpaired) electrons. The van der Waals surface area contributed by atoms with Gasteiger partial charge in [0.15, 0.2) is 0 Å². The Morgan fingerprint density at radius 1 is 1.30 bits per heavy atom. The molecule has 27 heavy (non-hydrogen) atoms. The fourth-order valence-corrected chi connectivity index (χ4v) is 3.33. The summed E-state index contributed by atoms with van der Waals surface area (Å²) in [6, 6.07) is 6.56. The number of pyridine rings is 1. The Morgan fingerprint density at radius 2 is 2.00 bits per heavy atom. The van der Waals surface area contributed by atoms with Crippen LogP contribution in [0.15, 0.2) is 47.8 Å².